The molecule has 0 saturated heterocycles. The van der Waals surface area contributed by atoms with Crippen LogP contribution in [-0.4, -0.2) is 17.3 Å². The first kappa shape index (κ1) is 18.6. The number of carbonyl (C=O) groups is 1. The molecule has 0 saturated carbocycles. The molecule has 1 aliphatic heterocycles. The smallest absolute Gasteiger partial charge is 0.133 e. The largest absolute Gasteiger partial charge is 0.384 e. The highest BCUT2D eigenvalue weighted by Crippen LogP contribution is 2.34. The second kappa shape index (κ2) is 10.1. The van der Waals surface area contributed by atoms with Gasteiger partial charge in [0.05, 0.1) is 0 Å². The van der Waals surface area contributed by atoms with E-state index in [-0.39, 0.29) is 0 Å². The quantitative estimate of drug-likeness (QED) is 0.542. The van der Waals surface area contributed by atoms with Gasteiger partial charge in [-0.15, -0.1) is 0 Å². The zero-order valence-corrected chi connectivity index (χ0v) is 15.6. The van der Waals surface area contributed by atoms with Gasteiger partial charge in [0.15, 0.2) is 0 Å². The summed E-state index contributed by atoms with van der Waals surface area (Å²) in [6.07, 6.45) is 13.1. The van der Waals surface area contributed by atoms with Crippen molar-refractivity contribution in [1.29, 1.82) is 0 Å². The molecule has 3 heteroatoms. The van der Waals surface area contributed by atoms with Gasteiger partial charge in [-0.2, -0.15) is 0 Å². The highest BCUT2D eigenvalue weighted by atomic mass is 16.1. The summed E-state index contributed by atoms with van der Waals surface area (Å²) in [5.74, 6) is 1.07. The lowest BCUT2D eigenvalue weighted by atomic mass is 9.94. The van der Waals surface area contributed by atoms with Crippen LogP contribution in [0.5, 0.6) is 0 Å². The highest BCUT2D eigenvalue weighted by Gasteiger charge is 2.20. The van der Waals surface area contributed by atoms with Crippen LogP contribution >= 0.6 is 0 Å². The molecule has 26 heavy (non-hydrogen) atoms. The van der Waals surface area contributed by atoms with Gasteiger partial charge in [-0.1, -0.05) is 49.9 Å². The van der Waals surface area contributed by atoms with Crippen LogP contribution in [0.4, 0.5) is 5.69 Å². The first-order valence-electron chi connectivity index (χ1n) is 10.1. The molecule has 3 rings (SSSR count). The predicted octanol–water partition coefficient (Wildman–Crippen LogP) is 5.52. The Labute approximate surface area is 157 Å². The maximum Gasteiger partial charge on any atom is 0.133 e. The third-order valence-corrected chi connectivity index (χ3v) is 5.36. The normalized spacial score (nSPS) is 15.5. The number of nitrogens with one attached hydrogen (secondary N) is 1. The van der Waals surface area contributed by atoms with Crippen LogP contribution in [0.15, 0.2) is 48.8 Å². The van der Waals surface area contributed by atoms with Gasteiger partial charge in [0.2, 0.25) is 0 Å². The fourth-order valence-electron chi connectivity index (χ4n) is 3.81. The average molecular weight is 351 g/mol. The second-order valence-electron chi connectivity index (χ2n) is 7.37. The topological polar surface area (TPSA) is 42.0 Å². The van der Waals surface area contributed by atoms with Gasteiger partial charge in [0, 0.05) is 43.4 Å². The van der Waals surface area contributed by atoms with Crippen LogP contribution in [0.2, 0.25) is 0 Å². The summed E-state index contributed by atoms with van der Waals surface area (Å²) in [4.78, 5) is 16.1. The SMILES string of the molecule is O=C(CCCCCCCC1CNc2ccccc21)CCc1cccnc1. The minimum atomic E-state index is 0.391. The summed E-state index contributed by atoms with van der Waals surface area (Å²) in [6, 6.07) is 12.7. The van der Waals surface area contributed by atoms with E-state index < -0.39 is 0 Å². The Kier molecular flexibility index (Phi) is 7.24. The zero-order valence-electron chi connectivity index (χ0n) is 15.6. The second-order valence-corrected chi connectivity index (χ2v) is 7.37. The van der Waals surface area contributed by atoms with E-state index in [4.69, 9.17) is 0 Å². The molecule has 2 aromatic rings. The number of nitrogens with zero attached hydrogens (tertiary/aromatic N) is 1. The number of unbranched alkanes of at least 4 members (excludes halogenated alkanes) is 4. The lowest BCUT2D eigenvalue weighted by Gasteiger charge is -2.09. The Morgan fingerprint density at radius 1 is 1.00 bits per heavy atom. The lowest BCUT2D eigenvalue weighted by molar-refractivity contribution is -0.119. The van der Waals surface area contributed by atoms with E-state index >= 15 is 0 Å². The molecule has 1 atom stereocenters. The third kappa shape index (κ3) is 5.69. The van der Waals surface area contributed by atoms with Gasteiger partial charge < -0.3 is 5.32 Å². The molecule has 0 bridgehead atoms. The average Bonchev–Trinajstić information content (AvgIpc) is 3.10. The van der Waals surface area contributed by atoms with E-state index in [0.717, 1.165) is 31.4 Å². The van der Waals surface area contributed by atoms with Crippen molar-refractivity contribution in [3.63, 3.8) is 0 Å². The summed E-state index contributed by atoms with van der Waals surface area (Å²) in [6.45, 7) is 1.09. The van der Waals surface area contributed by atoms with Crippen molar-refractivity contribution in [3.8, 4) is 0 Å². The Hall–Kier alpha value is -2.16. The number of aryl methyl sites for hydroxylation is 1. The van der Waals surface area contributed by atoms with Crippen LogP contribution in [0.1, 0.15) is 68.4 Å². The first-order valence-corrected chi connectivity index (χ1v) is 10.1. The minimum Gasteiger partial charge on any atom is -0.384 e. The van der Waals surface area contributed by atoms with Gasteiger partial charge in [-0.3, -0.25) is 9.78 Å². The van der Waals surface area contributed by atoms with Crippen molar-refractivity contribution >= 4 is 11.5 Å². The number of hydrogen-bond acceptors (Lipinski definition) is 3. The third-order valence-electron chi connectivity index (χ3n) is 5.36. The van der Waals surface area contributed by atoms with Gasteiger partial charge >= 0.3 is 0 Å². The highest BCUT2D eigenvalue weighted by molar-refractivity contribution is 5.78. The molecule has 1 N–H and O–H groups in total. The van der Waals surface area contributed by atoms with E-state index in [1.807, 2.05) is 18.3 Å². The number of pyridine rings is 1. The van der Waals surface area contributed by atoms with Crippen LogP contribution < -0.4 is 5.32 Å². The summed E-state index contributed by atoms with van der Waals surface area (Å²) in [5, 5.41) is 3.51. The van der Waals surface area contributed by atoms with Crippen LogP contribution in [0.25, 0.3) is 0 Å². The van der Waals surface area contributed by atoms with Crippen LogP contribution in [-0.2, 0) is 11.2 Å². The first-order chi connectivity index (χ1) is 12.8. The number of hydrogen-bond donors (Lipinski definition) is 1. The molecule has 2 heterocycles. The number of aromatic nitrogens is 1. The summed E-state index contributed by atoms with van der Waals surface area (Å²) < 4.78 is 0. The number of carbonyl (C=O) groups excluding carboxylic acids is 1. The number of para-hydroxylation sites is 1. The zero-order chi connectivity index (χ0) is 18.0. The fraction of sp³-hybridized carbons (Fsp3) is 0.478. The standard InChI is InChI=1S/C23H30N2O/c26-21(15-14-19-9-8-16-24-17-19)11-5-3-1-2-4-10-20-18-25-23-13-7-6-12-22(20)23/h6-9,12-13,16-17,20,25H,1-5,10-11,14-15,18H2. The Bertz CT molecular complexity index is 684. The molecule has 0 spiro atoms. The van der Waals surface area contributed by atoms with Crippen molar-refractivity contribution in [2.45, 2.75) is 63.7 Å². The molecular weight excluding hydrogens is 320 g/mol. The molecule has 0 radical (unpaired) electrons. The van der Waals surface area contributed by atoms with E-state index in [1.54, 1.807) is 6.20 Å². The number of anilines is 1. The van der Waals surface area contributed by atoms with Gasteiger partial charge in [0.25, 0.3) is 0 Å². The molecule has 1 unspecified atom stereocenters. The number of fused-ring (bicyclic) bond motifs is 1. The molecule has 1 aliphatic rings. The Morgan fingerprint density at radius 2 is 1.85 bits per heavy atom. The lowest BCUT2D eigenvalue weighted by Crippen LogP contribution is -2.02. The van der Waals surface area contributed by atoms with Crippen molar-refractivity contribution in [2.24, 2.45) is 0 Å². The number of benzene rings is 1. The minimum absolute atomic E-state index is 0.391. The maximum absolute atomic E-state index is 12.0. The summed E-state index contributed by atoms with van der Waals surface area (Å²) in [7, 11) is 0. The molecule has 138 valence electrons. The van der Waals surface area contributed by atoms with E-state index in [9.17, 15) is 4.79 Å². The van der Waals surface area contributed by atoms with Crippen molar-refractivity contribution in [3.05, 3.63) is 59.9 Å². The number of ketones is 1. The fourth-order valence-corrected chi connectivity index (χ4v) is 3.81. The number of Topliss-reactive ketones (excluding diaryl/α,β-unsaturated/α-hetero) is 1. The maximum atomic E-state index is 12.0. The van der Waals surface area contributed by atoms with Crippen molar-refractivity contribution in [2.75, 3.05) is 11.9 Å². The van der Waals surface area contributed by atoms with Crippen molar-refractivity contribution < 1.29 is 4.79 Å². The van der Waals surface area contributed by atoms with E-state index in [0.29, 0.717) is 18.1 Å². The molecule has 0 fully saturated rings. The van der Waals surface area contributed by atoms with Crippen molar-refractivity contribution in [1.82, 2.24) is 4.98 Å². The molecule has 0 amide bonds. The summed E-state index contributed by atoms with van der Waals surface area (Å²) >= 11 is 0. The molecule has 0 aliphatic carbocycles. The molecule has 1 aromatic carbocycles. The molecule has 1 aromatic heterocycles. The monoisotopic (exact) mass is 350 g/mol. The number of rotatable bonds is 11. The summed E-state index contributed by atoms with van der Waals surface area (Å²) in [5.41, 5.74) is 3.97. The van der Waals surface area contributed by atoms with Crippen LogP contribution in [0.3, 0.4) is 0 Å². The van der Waals surface area contributed by atoms with Gasteiger partial charge in [-0.05, 0) is 42.5 Å². The van der Waals surface area contributed by atoms with E-state index in [1.165, 1.54) is 43.4 Å². The molecular formula is C23H30N2O. The van der Waals surface area contributed by atoms with Gasteiger partial charge in [-0.25, -0.2) is 0 Å². The Balaban J connectivity index is 1.20. The van der Waals surface area contributed by atoms with E-state index in [2.05, 4.69) is 34.6 Å². The molecule has 3 nitrogen and oxygen atoms in total. The van der Waals surface area contributed by atoms with Gasteiger partial charge in [0.1, 0.15) is 5.78 Å². The van der Waals surface area contributed by atoms with Crippen LogP contribution in [0, 0.1) is 0 Å². The Morgan fingerprint density at radius 3 is 2.73 bits per heavy atom. The predicted molar refractivity (Wildman–Crippen MR) is 108 cm³/mol.